The summed E-state index contributed by atoms with van der Waals surface area (Å²) in [6.07, 6.45) is 0. The zero-order valence-corrected chi connectivity index (χ0v) is 10.3. The van der Waals surface area contributed by atoms with Crippen molar-refractivity contribution in [2.45, 2.75) is 19.3 Å². The largest absolute Gasteiger partial charge is 0.324 e. The summed E-state index contributed by atoms with van der Waals surface area (Å²) in [7, 11) is 1.75. The topological polar surface area (TPSA) is 63.4 Å². The minimum absolute atomic E-state index is 0.0109. The predicted molar refractivity (Wildman–Crippen MR) is 66.3 cm³/mol. The van der Waals surface area contributed by atoms with Crippen LogP contribution < -0.4 is 10.6 Å². The molecule has 90 valence electrons. The summed E-state index contributed by atoms with van der Waals surface area (Å²) in [5.74, 6) is -0.0598. The van der Waals surface area contributed by atoms with Crippen LogP contribution in [-0.4, -0.2) is 25.3 Å². The van der Waals surface area contributed by atoms with E-state index < -0.39 is 5.41 Å². The standard InChI is InChI=1S/C13H16N2O2/c1-13(2)9-6-8(11(16)7-14)4-5-10(9)15(3)12(13)17/h4-6H,7,14H2,1-3H3. The average Bonchev–Trinajstić information content (AvgIpc) is 2.50. The summed E-state index contributed by atoms with van der Waals surface area (Å²) in [4.78, 5) is 25.2. The molecule has 0 aromatic heterocycles. The van der Waals surface area contributed by atoms with Gasteiger partial charge in [-0.2, -0.15) is 0 Å². The van der Waals surface area contributed by atoms with Gasteiger partial charge < -0.3 is 10.6 Å². The number of benzene rings is 1. The third-order valence-corrected chi connectivity index (χ3v) is 3.38. The Morgan fingerprint density at radius 1 is 1.41 bits per heavy atom. The van der Waals surface area contributed by atoms with Crippen LogP contribution in [0.1, 0.15) is 29.8 Å². The normalized spacial score (nSPS) is 17.2. The molecule has 1 heterocycles. The van der Waals surface area contributed by atoms with Crippen LogP contribution in [0.2, 0.25) is 0 Å². The molecule has 0 aliphatic carbocycles. The van der Waals surface area contributed by atoms with Gasteiger partial charge in [0.15, 0.2) is 5.78 Å². The molecule has 1 aromatic carbocycles. The van der Waals surface area contributed by atoms with Gasteiger partial charge >= 0.3 is 0 Å². The zero-order chi connectivity index (χ0) is 12.8. The zero-order valence-electron chi connectivity index (χ0n) is 10.3. The van der Waals surface area contributed by atoms with Crippen molar-refractivity contribution in [3.8, 4) is 0 Å². The van der Waals surface area contributed by atoms with Gasteiger partial charge in [-0.3, -0.25) is 9.59 Å². The van der Waals surface area contributed by atoms with Crippen LogP contribution in [0.4, 0.5) is 5.69 Å². The molecule has 0 bridgehead atoms. The number of nitrogens with two attached hydrogens (primary N) is 1. The molecule has 2 N–H and O–H groups in total. The Morgan fingerprint density at radius 2 is 2.06 bits per heavy atom. The number of nitrogens with zero attached hydrogens (tertiary/aromatic N) is 1. The monoisotopic (exact) mass is 232 g/mol. The number of carbonyl (C=O) groups is 2. The molecule has 1 aliphatic heterocycles. The lowest BCUT2D eigenvalue weighted by atomic mass is 9.85. The SMILES string of the molecule is CN1C(=O)C(C)(C)c2cc(C(=O)CN)ccc21. The molecule has 0 fully saturated rings. The van der Waals surface area contributed by atoms with Crippen LogP contribution in [0, 0.1) is 0 Å². The van der Waals surface area contributed by atoms with Gasteiger partial charge in [-0.25, -0.2) is 0 Å². The Balaban J connectivity index is 2.58. The van der Waals surface area contributed by atoms with Gasteiger partial charge in [-0.05, 0) is 37.6 Å². The number of ketones is 1. The smallest absolute Gasteiger partial charge is 0.236 e. The number of rotatable bonds is 2. The number of Topliss-reactive ketones (excluding diaryl/α,β-unsaturated/α-hetero) is 1. The predicted octanol–water partition coefficient (Wildman–Crippen LogP) is 1.08. The highest BCUT2D eigenvalue weighted by atomic mass is 16.2. The maximum atomic E-state index is 12.1. The van der Waals surface area contributed by atoms with Crippen LogP contribution in [0.3, 0.4) is 0 Å². The van der Waals surface area contributed by atoms with Crippen LogP contribution in [0.15, 0.2) is 18.2 Å². The van der Waals surface area contributed by atoms with E-state index in [2.05, 4.69) is 0 Å². The fourth-order valence-electron chi connectivity index (χ4n) is 2.26. The number of carbonyl (C=O) groups excluding carboxylic acids is 2. The minimum Gasteiger partial charge on any atom is -0.324 e. The van der Waals surface area contributed by atoms with E-state index in [0.29, 0.717) is 5.56 Å². The van der Waals surface area contributed by atoms with Gasteiger partial charge in [-0.1, -0.05) is 0 Å². The van der Waals surface area contributed by atoms with E-state index in [1.807, 2.05) is 19.9 Å². The summed E-state index contributed by atoms with van der Waals surface area (Å²) in [6, 6.07) is 5.32. The van der Waals surface area contributed by atoms with E-state index in [1.165, 1.54) is 0 Å². The van der Waals surface area contributed by atoms with Crippen LogP contribution in [-0.2, 0) is 10.2 Å². The number of anilines is 1. The van der Waals surface area contributed by atoms with E-state index in [4.69, 9.17) is 5.73 Å². The second kappa shape index (κ2) is 3.67. The van der Waals surface area contributed by atoms with Gasteiger partial charge in [0, 0.05) is 18.3 Å². The molecule has 0 spiro atoms. The maximum Gasteiger partial charge on any atom is 0.236 e. The fraction of sp³-hybridized carbons (Fsp3) is 0.385. The molecule has 1 amide bonds. The van der Waals surface area contributed by atoms with Crippen molar-refractivity contribution in [1.29, 1.82) is 0 Å². The summed E-state index contributed by atoms with van der Waals surface area (Å²) in [6.45, 7) is 3.73. The first-order chi connectivity index (χ1) is 7.89. The molecule has 0 atom stereocenters. The van der Waals surface area contributed by atoms with E-state index >= 15 is 0 Å². The first-order valence-corrected chi connectivity index (χ1v) is 5.55. The Labute approximate surface area is 100 Å². The molecule has 1 aromatic rings. The van der Waals surface area contributed by atoms with Crippen molar-refractivity contribution < 1.29 is 9.59 Å². The molecular weight excluding hydrogens is 216 g/mol. The van der Waals surface area contributed by atoms with Crippen LogP contribution in [0.5, 0.6) is 0 Å². The van der Waals surface area contributed by atoms with Crippen LogP contribution >= 0.6 is 0 Å². The molecule has 0 radical (unpaired) electrons. The number of likely N-dealkylation sites (N-methyl/N-ethyl adjacent to an activating group) is 1. The molecule has 0 saturated carbocycles. The van der Waals surface area contributed by atoms with E-state index in [-0.39, 0.29) is 18.2 Å². The van der Waals surface area contributed by atoms with Crippen LogP contribution in [0.25, 0.3) is 0 Å². The van der Waals surface area contributed by atoms with Gasteiger partial charge in [0.05, 0.1) is 12.0 Å². The molecule has 0 unspecified atom stereocenters. The Bertz CT molecular complexity index is 506. The number of hydrogen-bond acceptors (Lipinski definition) is 3. The van der Waals surface area contributed by atoms with E-state index in [9.17, 15) is 9.59 Å². The quantitative estimate of drug-likeness (QED) is 0.776. The first-order valence-electron chi connectivity index (χ1n) is 5.55. The average molecular weight is 232 g/mol. The van der Waals surface area contributed by atoms with Crippen molar-refractivity contribution >= 4 is 17.4 Å². The Morgan fingerprint density at radius 3 is 2.65 bits per heavy atom. The van der Waals surface area contributed by atoms with Crippen molar-refractivity contribution in [1.82, 2.24) is 0 Å². The summed E-state index contributed by atoms with van der Waals surface area (Å²) < 4.78 is 0. The second-order valence-electron chi connectivity index (χ2n) is 4.85. The van der Waals surface area contributed by atoms with Gasteiger partial charge in [-0.15, -0.1) is 0 Å². The second-order valence-corrected chi connectivity index (χ2v) is 4.85. The summed E-state index contributed by atoms with van der Waals surface area (Å²) in [5.41, 5.74) is 7.10. The lowest BCUT2D eigenvalue weighted by Gasteiger charge is -2.16. The number of amides is 1. The van der Waals surface area contributed by atoms with Gasteiger partial charge in [0.2, 0.25) is 5.91 Å². The summed E-state index contributed by atoms with van der Waals surface area (Å²) in [5, 5.41) is 0. The Hall–Kier alpha value is -1.68. The molecule has 4 heteroatoms. The molecule has 1 aliphatic rings. The minimum atomic E-state index is -0.574. The molecular formula is C13H16N2O2. The third kappa shape index (κ3) is 1.56. The van der Waals surface area contributed by atoms with Crippen molar-refractivity contribution in [2.24, 2.45) is 5.73 Å². The van der Waals surface area contributed by atoms with Gasteiger partial charge in [0.25, 0.3) is 0 Å². The van der Waals surface area contributed by atoms with E-state index in [1.54, 1.807) is 24.1 Å². The first kappa shape index (κ1) is 11.8. The highest BCUT2D eigenvalue weighted by Crippen LogP contribution is 2.40. The lowest BCUT2D eigenvalue weighted by molar-refractivity contribution is -0.121. The molecule has 2 rings (SSSR count). The number of hydrogen-bond donors (Lipinski definition) is 1. The van der Waals surface area contributed by atoms with Crippen molar-refractivity contribution in [3.63, 3.8) is 0 Å². The lowest BCUT2D eigenvalue weighted by Crippen LogP contribution is -2.33. The highest BCUT2D eigenvalue weighted by molar-refractivity contribution is 6.08. The molecule has 0 saturated heterocycles. The van der Waals surface area contributed by atoms with Gasteiger partial charge in [0.1, 0.15) is 0 Å². The molecule has 17 heavy (non-hydrogen) atoms. The summed E-state index contributed by atoms with van der Waals surface area (Å²) >= 11 is 0. The number of fused-ring (bicyclic) bond motifs is 1. The van der Waals surface area contributed by atoms with E-state index in [0.717, 1.165) is 11.3 Å². The van der Waals surface area contributed by atoms with Crippen molar-refractivity contribution in [2.75, 3.05) is 18.5 Å². The molecule has 4 nitrogen and oxygen atoms in total. The highest BCUT2D eigenvalue weighted by Gasteiger charge is 2.42. The fourth-order valence-corrected chi connectivity index (χ4v) is 2.26. The Kier molecular flexibility index (Phi) is 2.54. The third-order valence-electron chi connectivity index (χ3n) is 3.38. The van der Waals surface area contributed by atoms with Crippen molar-refractivity contribution in [3.05, 3.63) is 29.3 Å². The maximum absolute atomic E-state index is 12.1.